The van der Waals surface area contributed by atoms with Crippen molar-refractivity contribution in [3.63, 3.8) is 0 Å². The lowest BCUT2D eigenvalue weighted by Crippen LogP contribution is -2.45. The fourth-order valence-corrected chi connectivity index (χ4v) is 4.10. The molecule has 3 aromatic rings. The summed E-state index contributed by atoms with van der Waals surface area (Å²) in [6, 6.07) is 16.9. The first-order valence-electron chi connectivity index (χ1n) is 10.3. The molecule has 2 N–H and O–H groups in total. The van der Waals surface area contributed by atoms with E-state index in [4.69, 9.17) is 9.94 Å². The van der Waals surface area contributed by atoms with E-state index >= 15 is 0 Å². The predicted molar refractivity (Wildman–Crippen MR) is 116 cm³/mol. The van der Waals surface area contributed by atoms with E-state index < -0.39 is 11.9 Å². The van der Waals surface area contributed by atoms with Crippen LogP contribution in [0.3, 0.4) is 0 Å². The van der Waals surface area contributed by atoms with Crippen molar-refractivity contribution in [3.8, 4) is 5.75 Å². The first kappa shape index (κ1) is 20.8. The lowest BCUT2D eigenvalue weighted by Gasteiger charge is -2.22. The van der Waals surface area contributed by atoms with E-state index in [0.717, 1.165) is 33.5 Å². The van der Waals surface area contributed by atoms with Crippen LogP contribution in [0.25, 0.3) is 10.9 Å². The molecule has 2 amide bonds. The van der Waals surface area contributed by atoms with E-state index in [-0.39, 0.29) is 11.8 Å². The molecule has 0 saturated carbocycles. The topological polar surface area (TPSA) is 91.8 Å². The molecule has 160 valence electrons. The molecule has 0 bridgehead atoms. The number of fused-ring (bicyclic) bond motifs is 1. The molecule has 1 aliphatic heterocycles. The smallest absolute Gasteiger partial charge is 0.265 e. The zero-order chi connectivity index (χ0) is 22.0. The van der Waals surface area contributed by atoms with E-state index in [1.165, 1.54) is 4.90 Å². The van der Waals surface area contributed by atoms with Gasteiger partial charge in [0.25, 0.3) is 5.91 Å². The molecule has 1 fully saturated rings. The Balaban J connectivity index is 1.44. The van der Waals surface area contributed by atoms with Gasteiger partial charge in [-0.05, 0) is 50.1 Å². The molecule has 2 atom stereocenters. The van der Waals surface area contributed by atoms with E-state index in [0.29, 0.717) is 19.6 Å². The minimum Gasteiger partial charge on any atom is -0.489 e. The Labute approximate surface area is 180 Å². The molecule has 1 saturated heterocycles. The lowest BCUT2D eigenvalue weighted by molar-refractivity contribution is -0.141. The summed E-state index contributed by atoms with van der Waals surface area (Å²) >= 11 is 0. The van der Waals surface area contributed by atoms with Crippen molar-refractivity contribution in [2.24, 2.45) is 0 Å². The minimum absolute atomic E-state index is 0.108. The second-order valence-electron chi connectivity index (χ2n) is 7.82. The highest BCUT2D eigenvalue weighted by atomic mass is 16.5. The summed E-state index contributed by atoms with van der Waals surface area (Å²) < 4.78 is 6.00. The highest BCUT2D eigenvalue weighted by molar-refractivity contribution is 5.91. The average molecular weight is 419 g/mol. The Morgan fingerprint density at radius 2 is 2.00 bits per heavy atom. The van der Waals surface area contributed by atoms with Crippen LogP contribution in [-0.4, -0.2) is 39.5 Å². The summed E-state index contributed by atoms with van der Waals surface area (Å²) in [5.41, 5.74) is 5.47. The number of amides is 2. The van der Waals surface area contributed by atoms with Crippen molar-refractivity contribution in [1.82, 2.24) is 15.4 Å². The Kier molecular flexibility index (Phi) is 5.86. The second-order valence-corrected chi connectivity index (χ2v) is 7.82. The lowest BCUT2D eigenvalue weighted by atomic mass is 9.97. The van der Waals surface area contributed by atoms with Gasteiger partial charge < -0.3 is 9.64 Å². The first-order valence-corrected chi connectivity index (χ1v) is 10.3. The average Bonchev–Trinajstić information content (AvgIpc) is 3.17. The minimum atomic E-state index is -0.705. The molecule has 2 heterocycles. The van der Waals surface area contributed by atoms with Crippen LogP contribution in [0.2, 0.25) is 0 Å². The van der Waals surface area contributed by atoms with E-state index in [9.17, 15) is 9.59 Å². The largest absolute Gasteiger partial charge is 0.489 e. The number of para-hydroxylation sites is 1. The summed E-state index contributed by atoms with van der Waals surface area (Å²) in [5.74, 6) is -0.271. The second kappa shape index (κ2) is 8.73. The summed E-state index contributed by atoms with van der Waals surface area (Å²) in [6.07, 6.45) is 0.629. The Morgan fingerprint density at radius 1 is 1.26 bits per heavy atom. The number of rotatable bonds is 6. The number of aromatic nitrogens is 1. The standard InChI is InChI=1S/C24H25N3O4/c1-15-13-18(20-5-3-4-6-22(20)25-15)14-31-19-9-7-17(8-10-19)21-11-12-27(24(21)29)16(2)23(28)26-30/h3-10,13,16,21,30H,11-12,14H2,1-2H3,(H,26,28)/t16-,21+/m0/s1. The van der Waals surface area contributed by atoms with Gasteiger partial charge in [-0.2, -0.15) is 0 Å². The molecule has 4 rings (SSSR count). The van der Waals surface area contributed by atoms with Crippen LogP contribution in [0, 0.1) is 6.92 Å². The fraction of sp³-hybridized carbons (Fsp3) is 0.292. The van der Waals surface area contributed by atoms with Crippen molar-refractivity contribution < 1.29 is 19.5 Å². The van der Waals surface area contributed by atoms with E-state index in [2.05, 4.69) is 4.98 Å². The molecule has 0 aliphatic carbocycles. The van der Waals surface area contributed by atoms with Gasteiger partial charge in [-0.1, -0.05) is 30.3 Å². The zero-order valence-electron chi connectivity index (χ0n) is 17.5. The van der Waals surface area contributed by atoms with Crippen molar-refractivity contribution in [2.75, 3.05) is 6.54 Å². The van der Waals surface area contributed by atoms with Crippen LogP contribution in [0.4, 0.5) is 0 Å². The normalized spacial score (nSPS) is 17.1. The molecule has 0 radical (unpaired) electrons. The summed E-state index contributed by atoms with van der Waals surface area (Å²) in [7, 11) is 0. The van der Waals surface area contributed by atoms with Gasteiger partial charge in [0.05, 0.1) is 11.4 Å². The molecule has 0 unspecified atom stereocenters. The van der Waals surface area contributed by atoms with Crippen LogP contribution in [0.1, 0.15) is 36.1 Å². The molecule has 31 heavy (non-hydrogen) atoms. The number of hydrogen-bond donors (Lipinski definition) is 2. The third kappa shape index (κ3) is 4.22. The molecule has 2 aromatic carbocycles. The first-order chi connectivity index (χ1) is 15.0. The monoisotopic (exact) mass is 419 g/mol. The number of carbonyl (C=O) groups is 2. The predicted octanol–water partition coefficient (Wildman–Crippen LogP) is 3.33. The van der Waals surface area contributed by atoms with Gasteiger partial charge in [0.2, 0.25) is 5.91 Å². The maximum atomic E-state index is 12.7. The Morgan fingerprint density at radius 3 is 2.74 bits per heavy atom. The van der Waals surface area contributed by atoms with Crippen LogP contribution in [0.15, 0.2) is 54.6 Å². The number of aryl methyl sites for hydroxylation is 1. The van der Waals surface area contributed by atoms with E-state index in [1.807, 2.05) is 61.5 Å². The maximum absolute atomic E-state index is 12.7. The highest BCUT2D eigenvalue weighted by Crippen LogP contribution is 2.31. The van der Waals surface area contributed by atoms with Crippen LogP contribution < -0.4 is 10.2 Å². The number of hydroxylamine groups is 1. The van der Waals surface area contributed by atoms with Crippen molar-refractivity contribution >= 4 is 22.7 Å². The Hall–Kier alpha value is -3.45. The molecule has 1 aliphatic rings. The number of benzene rings is 2. The van der Waals surface area contributed by atoms with Crippen LogP contribution in [-0.2, 0) is 16.2 Å². The number of pyridine rings is 1. The number of hydrogen-bond acceptors (Lipinski definition) is 5. The van der Waals surface area contributed by atoms with Gasteiger partial charge in [-0.3, -0.25) is 19.8 Å². The van der Waals surface area contributed by atoms with Gasteiger partial charge in [-0.15, -0.1) is 0 Å². The van der Waals surface area contributed by atoms with Crippen molar-refractivity contribution in [1.29, 1.82) is 0 Å². The quantitative estimate of drug-likeness (QED) is 0.472. The van der Waals surface area contributed by atoms with Crippen molar-refractivity contribution in [2.45, 2.75) is 38.8 Å². The summed E-state index contributed by atoms with van der Waals surface area (Å²) in [5, 5.41) is 9.89. The zero-order valence-corrected chi connectivity index (χ0v) is 17.5. The third-order valence-corrected chi connectivity index (χ3v) is 5.80. The SMILES string of the molecule is Cc1cc(COc2ccc([C@H]3CCN([C@@H](C)C(=O)NO)C3=O)cc2)c2ccccc2n1. The van der Waals surface area contributed by atoms with Crippen molar-refractivity contribution in [3.05, 3.63) is 71.4 Å². The number of carbonyl (C=O) groups excluding carboxylic acids is 2. The molecular weight excluding hydrogens is 394 g/mol. The number of likely N-dealkylation sites (tertiary alicyclic amines) is 1. The Bertz CT molecular complexity index is 1110. The van der Waals surface area contributed by atoms with E-state index in [1.54, 1.807) is 12.4 Å². The number of ether oxygens (including phenoxy) is 1. The van der Waals surface area contributed by atoms with Crippen LogP contribution >= 0.6 is 0 Å². The van der Waals surface area contributed by atoms with Gasteiger partial charge in [0, 0.05) is 23.2 Å². The number of nitrogens with zero attached hydrogens (tertiary/aromatic N) is 2. The molecule has 1 aromatic heterocycles. The highest BCUT2D eigenvalue weighted by Gasteiger charge is 2.37. The molecule has 7 heteroatoms. The van der Waals surface area contributed by atoms with Gasteiger partial charge in [0.1, 0.15) is 18.4 Å². The molecular formula is C24H25N3O4. The van der Waals surface area contributed by atoms with Gasteiger partial charge in [-0.25, -0.2) is 5.48 Å². The van der Waals surface area contributed by atoms with Crippen LogP contribution in [0.5, 0.6) is 5.75 Å². The number of nitrogens with one attached hydrogen (secondary N) is 1. The fourth-order valence-electron chi connectivity index (χ4n) is 4.10. The maximum Gasteiger partial charge on any atom is 0.265 e. The molecule has 7 nitrogen and oxygen atoms in total. The third-order valence-electron chi connectivity index (χ3n) is 5.80. The summed E-state index contributed by atoms with van der Waals surface area (Å²) in [4.78, 5) is 30.5. The van der Waals surface area contributed by atoms with Gasteiger partial charge in [0.15, 0.2) is 0 Å². The molecule has 0 spiro atoms. The summed E-state index contributed by atoms with van der Waals surface area (Å²) in [6.45, 7) is 4.48. The van der Waals surface area contributed by atoms with Gasteiger partial charge >= 0.3 is 0 Å².